The average Bonchev–Trinajstić information content (AvgIpc) is 2.46. The minimum absolute atomic E-state index is 0.355. The Morgan fingerprint density at radius 2 is 1.45 bits per heavy atom. The van der Waals surface area contributed by atoms with Crippen LogP contribution in [0.25, 0.3) is 0 Å². The summed E-state index contributed by atoms with van der Waals surface area (Å²) in [7, 11) is -2.65. The van der Waals surface area contributed by atoms with Gasteiger partial charge in [-0.05, 0) is 19.4 Å². The number of nitrogens with zero attached hydrogens (tertiary/aromatic N) is 1. The van der Waals surface area contributed by atoms with Gasteiger partial charge in [-0.25, -0.2) is 0 Å². The van der Waals surface area contributed by atoms with Crippen LogP contribution in [0.3, 0.4) is 0 Å². The number of hydrogen-bond donors (Lipinski definition) is 1. The van der Waals surface area contributed by atoms with Gasteiger partial charge in [-0.2, -0.15) is 0 Å². The second kappa shape index (κ2) is 9.42. The van der Waals surface area contributed by atoms with Crippen molar-refractivity contribution in [2.45, 2.75) is 60.2 Å². The van der Waals surface area contributed by atoms with Crippen LogP contribution < -0.4 is 4.98 Å². The summed E-state index contributed by atoms with van der Waals surface area (Å²) in [5, 5.41) is 0. The van der Waals surface area contributed by atoms with Gasteiger partial charge >= 0.3 is 8.88 Å². The Morgan fingerprint density at radius 3 is 1.86 bits per heavy atom. The summed E-state index contributed by atoms with van der Waals surface area (Å²) >= 11 is 0. The van der Waals surface area contributed by atoms with Crippen molar-refractivity contribution in [2.75, 3.05) is 13.2 Å². The fourth-order valence-electron chi connectivity index (χ4n) is 2.86. The van der Waals surface area contributed by atoms with Crippen molar-refractivity contribution in [3.8, 4) is 0 Å². The highest BCUT2D eigenvalue weighted by atomic mass is 28.4. The summed E-state index contributed by atoms with van der Waals surface area (Å²) in [5.41, 5.74) is 1.24. The zero-order valence-corrected chi connectivity index (χ0v) is 15.9. The lowest BCUT2D eigenvalue weighted by atomic mass is 10.2. The lowest BCUT2D eigenvalue weighted by molar-refractivity contribution is 0.0810. The smallest absolute Gasteiger partial charge is 0.371 e. The van der Waals surface area contributed by atoms with Crippen molar-refractivity contribution in [2.24, 2.45) is 0 Å². The van der Waals surface area contributed by atoms with E-state index in [0.29, 0.717) is 25.3 Å². The normalized spacial score (nSPS) is 12.6. The maximum atomic E-state index is 6.21. The van der Waals surface area contributed by atoms with Crippen LogP contribution in [0.4, 0.5) is 0 Å². The van der Waals surface area contributed by atoms with Crippen molar-refractivity contribution in [1.82, 2.24) is 9.55 Å². The monoisotopic (exact) mass is 324 g/mol. The second-order valence-electron chi connectivity index (χ2n) is 5.88. The molecule has 0 spiro atoms. The Kier molecular flexibility index (Phi) is 8.28. The van der Waals surface area contributed by atoms with E-state index in [4.69, 9.17) is 8.85 Å². The van der Waals surface area contributed by atoms with Gasteiger partial charge in [0.2, 0.25) is 0 Å². The van der Waals surface area contributed by atoms with Gasteiger partial charge in [0.05, 0.1) is 0 Å². The lowest BCUT2D eigenvalue weighted by Gasteiger charge is -2.44. The third-order valence-corrected chi connectivity index (χ3v) is 7.19. The molecule has 1 rings (SSSR count). The van der Waals surface area contributed by atoms with Crippen LogP contribution in [0.1, 0.15) is 47.1 Å². The molecule has 1 N–H and O–H groups in total. The van der Waals surface area contributed by atoms with Gasteiger partial charge in [0.1, 0.15) is 0 Å². The Balaban J connectivity index is 3.02. The molecule has 0 aliphatic rings. The SMILES string of the molecule is CCO[Si](NCc1ccccc1)(OCC)N(C(C)C)C(C)C. The van der Waals surface area contributed by atoms with E-state index in [-0.39, 0.29) is 0 Å². The zero-order valence-electron chi connectivity index (χ0n) is 14.9. The number of hydrogen-bond acceptors (Lipinski definition) is 4. The quantitative estimate of drug-likeness (QED) is 0.669. The first-order chi connectivity index (χ1) is 10.5. The summed E-state index contributed by atoms with van der Waals surface area (Å²) < 4.78 is 14.8. The van der Waals surface area contributed by atoms with Gasteiger partial charge < -0.3 is 8.85 Å². The van der Waals surface area contributed by atoms with E-state index in [0.717, 1.165) is 6.54 Å². The molecule has 0 saturated heterocycles. The molecule has 0 bridgehead atoms. The number of rotatable bonds is 10. The highest BCUT2D eigenvalue weighted by molar-refractivity contribution is 6.62. The molecular formula is C17H32N2O2Si. The molecule has 5 heteroatoms. The van der Waals surface area contributed by atoms with E-state index in [1.165, 1.54) is 5.56 Å². The molecule has 0 heterocycles. The molecule has 0 atom stereocenters. The maximum absolute atomic E-state index is 6.21. The minimum atomic E-state index is -2.65. The van der Waals surface area contributed by atoms with Crippen LogP contribution in [0.15, 0.2) is 30.3 Å². The van der Waals surface area contributed by atoms with Crippen LogP contribution >= 0.6 is 0 Å². The maximum Gasteiger partial charge on any atom is 0.520 e. The highest BCUT2D eigenvalue weighted by Gasteiger charge is 2.48. The van der Waals surface area contributed by atoms with Gasteiger partial charge in [0.25, 0.3) is 0 Å². The van der Waals surface area contributed by atoms with Crippen molar-refractivity contribution in [3.05, 3.63) is 35.9 Å². The molecular weight excluding hydrogens is 292 g/mol. The van der Waals surface area contributed by atoms with Gasteiger partial charge in [-0.1, -0.05) is 58.0 Å². The highest BCUT2D eigenvalue weighted by Crippen LogP contribution is 2.19. The fourth-order valence-corrected chi connectivity index (χ4v) is 6.20. The van der Waals surface area contributed by atoms with Gasteiger partial charge in [-0.15, -0.1) is 0 Å². The summed E-state index contributed by atoms with van der Waals surface area (Å²) in [6.45, 7) is 14.9. The molecule has 0 aromatic heterocycles. The summed E-state index contributed by atoms with van der Waals surface area (Å²) in [6, 6.07) is 11.1. The average molecular weight is 325 g/mol. The Hall–Kier alpha value is -0.723. The standard InChI is InChI=1S/C17H32N2O2Si/c1-7-20-22(21-8-2,19(15(3)4)16(5)6)18-14-17-12-10-9-11-13-17/h9-13,15-16,18H,7-8,14H2,1-6H3. The molecule has 0 saturated carbocycles. The lowest BCUT2D eigenvalue weighted by Crippen LogP contribution is -2.71. The molecule has 1 aromatic carbocycles. The molecule has 22 heavy (non-hydrogen) atoms. The van der Waals surface area contributed by atoms with E-state index in [2.05, 4.69) is 61.5 Å². The Bertz CT molecular complexity index is 398. The molecule has 0 aliphatic heterocycles. The van der Waals surface area contributed by atoms with E-state index in [9.17, 15) is 0 Å². The van der Waals surface area contributed by atoms with Crippen molar-refractivity contribution in [1.29, 1.82) is 0 Å². The third kappa shape index (κ3) is 5.17. The van der Waals surface area contributed by atoms with Gasteiger partial charge in [0.15, 0.2) is 0 Å². The predicted molar refractivity (Wildman–Crippen MR) is 94.4 cm³/mol. The second-order valence-corrected chi connectivity index (χ2v) is 8.49. The summed E-state index contributed by atoms with van der Waals surface area (Å²) in [6.07, 6.45) is 0. The largest absolute Gasteiger partial charge is 0.520 e. The van der Waals surface area contributed by atoms with E-state index in [1.807, 2.05) is 19.9 Å². The van der Waals surface area contributed by atoms with E-state index in [1.54, 1.807) is 0 Å². The van der Waals surface area contributed by atoms with Gasteiger partial charge in [0, 0.05) is 31.8 Å². The molecule has 0 fully saturated rings. The Labute approximate surface area is 137 Å². The van der Waals surface area contributed by atoms with Crippen molar-refractivity contribution < 1.29 is 8.85 Å². The molecule has 0 unspecified atom stereocenters. The molecule has 1 aromatic rings. The predicted octanol–water partition coefficient (Wildman–Crippen LogP) is 3.40. The van der Waals surface area contributed by atoms with Gasteiger partial charge in [-0.3, -0.25) is 9.55 Å². The fraction of sp³-hybridized carbons (Fsp3) is 0.647. The minimum Gasteiger partial charge on any atom is -0.371 e. The molecule has 0 aliphatic carbocycles. The molecule has 126 valence electrons. The van der Waals surface area contributed by atoms with Crippen molar-refractivity contribution >= 4 is 8.88 Å². The Morgan fingerprint density at radius 1 is 0.955 bits per heavy atom. The first kappa shape index (κ1) is 19.3. The zero-order chi connectivity index (χ0) is 16.6. The summed E-state index contributed by atoms with van der Waals surface area (Å²) in [4.78, 5) is 3.63. The molecule has 0 radical (unpaired) electrons. The molecule has 0 amide bonds. The van der Waals surface area contributed by atoms with Crippen LogP contribution in [-0.4, -0.2) is 38.7 Å². The van der Waals surface area contributed by atoms with E-state index >= 15 is 0 Å². The third-order valence-electron chi connectivity index (χ3n) is 3.49. The van der Waals surface area contributed by atoms with Crippen LogP contribution in [0.2, 0.25) is 0 Å². The number of benzene rings is 1. The first-order valence-corrected chi connectivity index (χ1v) is 10.1. The van der Waals surface area contributed by atoms with E-state index < -0.39 is 8.88 Å². The van der Waals surface area contributed by atoms with Crippen molar-refractivity contribution in [3.63, 3.8) is 0 Å². The van der Waals surface area contributed by atoms with Crippen LogP contribution in [0.5, 0.6) is 0 Å². The van der Waals surface area contributed by atoms with Crippen LogP contribution in [0, 0.1) is 0 Å². The number of nitrogens with one attached hydrogen (secondary N) is 1. The summed E-state index contributed by atoms with van der Waals surface area (Å²) in [5.74, 6) is 0. The van der Waals surface area contributed by atoms with Crippen LogP contribution in [-0.2, 0) is 15.4 Å². The topological polar surface area (TPSA) is 33.7 Å². The first-order valence-electron chi connectivity index (χ1n) is 8.32. The molecule has 4 nitrogen and oxygen atoms in total.